The Morgan fingerprint density at radius 1 is 1.11 bits per heavy atom. The summed E-state index contributed by atoms with van der Waals surface area (Å²) in [6.45, 7) is 4.25. The SMILES string of the molecule is CCCn1c(N)c(N2CCCCC2)c(=O)n(Cc2nc3ccccc3s2)c1=O. The van der Waals surface area contributed by atoms with Gasteiger partial charge in [0.2, 0.25) is 0 Å². The summed E-state index contributed by atoms with van der Waals surface area (Å²) in [7, 11) is 0. The fourth-order valence-corrected chi connectivity index (χ4v) is 4.77. The predicted molar refractivity (Wildman–Crippen MR) is 114 cm³/mol. The van der Waals surface area contributed by atoms with Gasteiger partial charge in [-0.25, -0.2) is 9.78 Å². The number of piperidine rings is 1. The number of rotatable bonds is 5. The van der Waals surface area contributed by atoms with Crippen LogP contribution in [0.4, 0.5) is 11.5 Å². The van der Waals surface area contributed by atoms with E-state index < -0.39 is 0 Å². The highest BCUT2D eigenvalue weighted by Crippen LogP contribution is 2.24. The Morgan fingerprint density at radius 2 is 1.86 bits per heavy atom. The number of fused-ring (bicyclic) bond motifs is 1. The number of nitrogen functional groups attached to an aromatic ring is 1. The quantitative estimate of drug-likeness (QED) is 0.713. The molecule has 2 aromatic heterocycles. The summed E-state index contributed by atoms with van der Waals surface area (Å²) in [5, 5.41) is 0.748. The summed E-state index contributed by atoms with van der Waals surface area (Å²) >= 11 is 1.51. The van der Waals surface area contributed by atoms with Gasteiger partial charge in [0, 0.05) is 19.6 Å². The van der Waals surface area contributed by atoms with Gasteiger partial charge in [0.15, 0.2) is 0 Å². The molecule has 0 unspecified atom stereocenters. The second kappa shape index (κ2) is 7.79. The van der Waals surface area contributed by atoms with Crippen molar-refractivity contribution in [2.75, 3.05) is 23.7 Å². The Balaban J connectivity index is 1.84. The molecule has 7 nitrogen and oxygen atoms in total. The van der Waals surface area contributed by atoms with Gasteiger partial charge >= 0.3 is 5.69 Å². The lowest BCUT2D eigenvalue weighted by molar-refractivity contribution is 0.550. The molecular weight excluding hydrogens is 374 g/mol. The van der Waals surface area contributed by atoms with E-state index in [-0.39, 0.29) is 17.8 Å². The number of hydrogen-bond donors (Lipinski definition) is 1. The molecule has 1 saturated heterocycles. The average Bonchev–Trinajstić information content (AvgIpc) is 3.12. The zero-order valence-corrected chi connectivity index (χ0v) is 16.9. The molecule has 0 amide bonds. The van der Waals surface area contributed by atoms with Crippen molar-refractivity contribution in [1.82, 2.24) is 14.1 Å². The number of benzene rings is 1. The molecular formula is C20H25N5O2S. The third-order valence-corrected chi connectivity index (χ3v) is 6.22. The van der Waals surface area contributed by atoms with Crippen LogP contribution in [-0.4, -0.2) is 27.2 Å². The summed E-state index contributed by atoms with van der Waals surface area (Å²) in [6.07, 6.45) is 3.99. The van der Waals surface area contributed by atoms with E-state index in [4.69, 9.17) is 5.73 Å². The van der Waals surface area contributed by atoms with Crippen molar-refractivity contribution in [2.24, 2.45) is 0 Å². The van der Waals surface area contributed by atoms with Gasteiger partial charge < -0.3 is 10.6 Å². The summed E-state index contributed by atoms with van der Waals surface area (Å²) < 4.78 is 3.89. The topological polar surface area (TPSA) is 86.2 Å². The molecule has 2 N–H and O–H groups in total. The number of aromatic nitrogens is 3. The van der Waals surface area contributed by atoms with Crippen molar-refractivity contribution in [3.63, 3.8) is 0 Å². The van der Waals surface area contributed by atoms with Gasteiger partial charge in [-0.3, -0.25) is 13.9 Å². The summed E-state index contributed by atoms with van der Waals surface area (Å²) in [5.74, 6) is 0.291. The van der Waals surface area contributed by atoms with Gasteiger partial charge in [-0.2, -0.15) is 0 Å². The Bertz CT molecular complexity index is 1070. The van der Waals surface area contributed by atoms with Crippen LogP contribution in [0.15, 0.2) is 33.9 Å². The van der Waals surface area contributed by atoms with Crippen LogP contribution in [0.2, 0.25) is 0 Å². The molecule has 28 heavy (non-hydrogen) atoms. The Labute approximate surface area is 167 Å². The molecule has 8 heteroatoms. The van der Waals surface area contributed by atoms with Gasteiger partial charge in [0.1, 0.15) is 16.5 Å². The highest BCUT2D eigenvalue weighted by Gasteiger charge is 2.23. The molecule has 0 aliphatic carbocycles. The van der Waals surface area contributed by atoms with Crippen molar-refractivity contribution in [2.45, 2.75) is 45.7 Å². The smallest absolute Gasteiger partial charge is 0.333 e. The Kier molecular flexibility index (Phi) is 5.21. The van der Waals surface area contributed by atoms with Gasteiger partial charge in [-0.1, -0.05) is 19.1 Å². The van der Waals surface area contributed by atoms with E-state index in [2.05, 4.69) is 4.98 Å². The van der Waals surface area contributed by atoms with Crippen LogP contribution in [0.5, 0.6) is 0 Å². The first-order valence-electron chi connectivity index (χ1n) is 9.82. The standard InChI is InChI=1S/C20H25N5O2S/c1-2-10-24-18(21)17(23-11-6-3-7-12-23)19(26)25(20(24)27)13-16-22-14-8-4-5-9-15(14)28-16/h4-5,8-9H,2-3,6-7,10-13,21H2,1H3. The molecule has 4 rings (SSSR count). The molecule has 0 spiro atoms. The van der Waals surface area contributed by atoms with Crippen molar-refractivity contribution in [3.05, 3.63) is 50.1 Å². The van der Waals surface area contributed by atoms with Crippen LogP contribution >= 0.6 is 11.3 Å². The monoisotopic (exact) mass is 399 g/mol. The number of hydrogen-bond acceptors (Lipinski definition) is 6. The molecule has 0 atom stereocenters. The van der Waals surface area contributed by atoms with Gasteiger partial charge in [-0.15, -0.1) is 11.3 Å². The van der Waals surface area contributed by atoms with Crippen LogP contribution in [0.3, 0.4) is 0 Å². The fourth-order valence-electron chi connectivity index (χ4n) is 3.82. The highest BCUT2D eigenvalue weighted by atomic mass is 32.1. The molecule has 1 aliphatic rings. The lowest BCUT2D eigenvalue weighted by Crippen LogP contribution is -2.46. The molecule has 1 aliphatic heterocycles. The number of nitrogens with zero attached hydrogens (tertiary/aromatic N) is 4. The maximum atomic E-state index is 13.3. The van der Waals surface area contributed by atoms with Crippen molar-refractivity contribution in [1.29, 1.82) is 0 Å². The maximum Gasteiger partial charge on any atom is 0.333 e. The number of anilines is 2. The molecule has 3 aromatic rings. The average molecular weight is 400 g/mol. The van der Waals surface area contributed by atoms with Gasteiger partial charge in [0.25, 0.3) is 5.56 Å². The summed E-state index contributed by atoms with van der Waals surface area (Å²) in [5.41, 5.74) is 7.01. The van der Waals surface area contributed by atoms with Crippen LogP contribution in [-0.2, 0) is 13.1 Å². The number of thiazole rings is 1. The predicted octanol–water partition coefficient (Wildman–Crippen LogP) is 2.65. The largest absolute Gasteiger partial charge is 0.383 e. The van der Waals surface area contributed by atoms with E-state index in [0.29, 0.717) is 18.1 Å². The zero-order chi connectivity index (χ0) is 19.7. The normalized spacial score (nSPS) is 14.7. The van der Waals surface area contributed by atoms with Crippen molar-refractivity contribution >= 4 is 33.1 Å². The Morgan fingerprint density at radius 3 is 2.57 bits per heavy atom. The third-order valence-electron chi connectivity index (χ3n) is 5.19. The molecule has 0 radical (unpaired) electrons. The van der Waals surface area contributed by atoms with E-state index in [1.165, 1.54) is 15.9 Å². The summed E-state index contributed by atoms with van der Waals surface area (Å²) in [6, 6.07) is 7.83. The molecule has 3 heterocycles. The van der Waals surface area contributed by atoms with Crippen molar-refractivity contribution < 1.29 is 0 Å². The first kappa shape index (κ1) is 18.7. The lowest BCUT2D eigenvalue weighted by Gasteiger charge is -2.30. The van der Waals surface area contributed by atoms with E-state index >= 15 is 0 Å². The minimum atomic E-state index is -0.357. The second-order valence-electron chi connectivity index (χ2n) is 7.18. The van der Waals surface area contributed by atoms with E-state index in [9.17, 15) is 9.59 Å². The van der Waals surface area contributed by atoms with Gasteiger partial charge in [0.05, 0.1) is 16.8 Å². The van der Waals surface area contributed by atoms with E-state index in [0.717, 1.165) is 54.0 Å². The van der Waals surface area contributed by atoms with Crippen LogP contribution in [0, 0.1) is 0 Å². The molecule has 1 aromatic carbocycles. The zero-order valence-electron chi connectivity index (χ0n) is 16.1. The Hall–Kier alpha value is -2.61. The van der Waals surface area contributed by atoms with Crippen molar-refractivity contribution in [3.8, 4) is 0 Å². The van der Waals surface area contributed by atoms with E-state index in [1.54, 1.807) is 4.57 Å². The molecule has 0 saturated carbocycles. The lowest BCUT2D eigenvalue weighted by atomic mass is 10.1. The second-order valence-corrected chi connectivity index (χ2v) is 8.30. The minimum absolute atomic E-state index is 0.168. The first-order valence-corrected chi connectivity index (χ1v) is 10.6. The van der Waals surface area contributed by atoms with Crippen LogP contribution in [0.25, 0.3) is 10.2 Å². The number of nitrogens with two attached hydrogens (primary N) is 1. The first-order chi connectivity index (χ1) is 13.6. The minimum Gasteiger partial charge on any atom is -0.383 e. The molecule has 1 fully saturated rings. The highest BCUT2D eigenvalue weighted by molar-refractivity contribution is 7.18. The third kappa shape index (κ3) is 3.32. The van der Waals surface area contributed by atoms with Crippen LogP contribution in [0.1, 0.15) is 37.6 Å². The molecule has 148 valence electrons. The summed E-state index contributed by atoms with van der Waals surface area (Å²) in [4.78, 5) is 33.0. The molecule has 0 bridgehead atoms. The van der Waals surface area contributed by atoms with Gasteiger partial charge in [-0.05, 0) is 37.8 Å². The van der Waals surface area contributed by atoms with Crippen LogP contribution < -0.4 is 21.9 Å². The maximum absolute atomic E-state index is 13.3. The number of para-hydroxylation sites is 1. The van der Waals surface area contributed by atoms with E-state index in [1.807, 2.05) is 36.1 Å². The fraction of sp³-hybridized carbons (Fsp3) is 0.450.